The van der Waals surface area contributed by atoms with Crippen LogP contribution >= 0.6 is 34.2 Å². The fourth-order valence-electron chi connectivity index (χ4n) is 1.22. The Bertz CT molecular complexity index is 474. The lowest BCUT2D eigenvalue weighted by Gasteiger charge is -2.15. The molecule has 2 N–H and O–H groups in total. The van der Waals surface area contributed by atoms with Gasteiger partial charge >= 0.3 is 0 Å². The minimum Gasteiger partial charge on any atom is -0.425 e. The number of nitrogens with zero attached hydrogens (tertiary/aromatic N) is 1. The summed E-state index contributed by atoms with van der Waals surface area (Å²) in [7, 11) is 0. The van der Waals surface area contributed by atoms with E-state index in [1.807, 2.05) is 55.5 Å². The van der Waals surface area contributed by atoms with Gasteiger partial charge in [0.05, 0.1) is 0 Å². The van der Waals surface area contributed by atoms with E-state index in [0.29, 0.717) is 16.8 Å². The molecule has 0 saturated heterocycles. The predicted octanol–water partition coefficient (Wildman–Crippen LogP) is 3.75. The molecule has 0 aliphatic carbocycles. The second-order valence-corrected chi connectivity index (χ2v) is 5.40. The summed E-state index contributed by atoms with van der Waals surface area (Å²) < 4.78 is 5.81. The fourth-order valence-corrected chi connectivity index (χ4v) is 1.61. The van der Waals surface area contributed by atoms with Crippen molar-refractivity contribution < 1.29 is 4.74 Å². The third-order valence-corrected chi connectivity index (χ3v) is 2.69. The van der Waals surface area contributed by atoms with E-state index in [2.05, 4.69) is 10.3 Å². The van der Waals surface area contributed by atoms with Gasteiger partial charge < -0.3 is 10.1 Å². The lowest BCUT2D eigenvalue weighted by Crippen LogP contribution is -2.35. The normalized spacial score (nSPS) is 11.6. The molecule has 1 aromatic rings. The average Bonchev–Trinajstić information content (AvgIpc) is 2.23. The Kier molecular flexibility index (Phi) is 5.87. The lowest BCUT2D eigenvalue weighted by atomic mass is 10.2. The SMILES string of the molecule is Cc1c(Cl)cccc1O/C(=N/C(=N)I)NC(C)C. The van der Waals surface area contributed by atoms with Gasteiger partial charge in [0.25, 0.3) is 6.02 Å². The molecule has 1 rings (SSSR count). The van der Waals surface area contributed by atoms with Gasteiger partial charge in [0.1, 0.15) is 5.75 Å². The van der Waals surface area contributed by atoms with E-state index in [9.17, 15) is 0 Å². The Morgan fingerprint density at radius 2 is 2.17 bits per heavy atom. The van der Waals surface area contributed by atoms with Crippen molar-refractivity contribution in [1.82, 2.24) is 5.32 Å². The third kappa shape index (κ3) is 4.81. The standard InChI is InChI=1S/C12H15ClIN3O/c1-7(2)16-12(17-11(14)15)18-10-6-4-5-9(13)8(10)3/h4-7H,1-3H3,(H2,15,16,17). The largest absolute Gasteiger partial charge is 0.425 e. The van der Waals surface area contributed by atoms with Crippen molar-refractivity contribution in [2.24, 2.45) is 4.99 Å². The van der Waals surface area contributed by atoms with Crippen molar-refractivity contribution in [1.29, 1.82) is 5.41 Å². The van der Waals surface area contributed by atoms with Gasteiger partial charge in [-0.15, -0.1) is 0 Å². The Labute approximate surface area is 125 Å². The van der Waals surface area contributed by atoms with Crippen LogP contribution in [0.4, 0.5) is 0 Å². The highest BCUT2D eigenvalue weighted by Gasteiger charge is 2.09. The number of rotatable bonds is 2. The van der Waals surface area contributed by atoms with E-state index in [-0.39, 0.29) is 9.88 Å². The van der Waals surface area contributed by atoms with Gasteiger partial charge in [0.15, 0.2) is 3.84 Å². The predicted molar refractivity (Wildman–Crippen MR) is 84.3 cm³/mol. The molecule has 0 atom stereocenters. The molecule has 6 heteroatoms. The smallest absolute Gasteiger partial charge is 0.297 e. The summed E-state index contributed by atoms with van der Waals surface area (Å²) in [6.07, 6.45) is 0. The van der Waals surface area contributed by atoms with Crippen LogP contribution in [0.15, 0.2) is 23.2 Å². The van der Waals surface area contributed by atoms with Gasteiger partial charge in [0.2, 0.25) is 0 Å². The molecule has 0 aliphatic rings. The molecule has 0 spiro atoms. The number of hydrogen-bond donors (Lipinski definition) is 2. The van der Waals surface area contributed by atoms with Crippen molar-refractivity contribution in [3.8, 4) is 5.75 Å². The van der Waals surface area contributed by atoms with Crippen LogP contribution < -0.4 is 10.1 Å². The zero-order chi connectivity index (χ0) is 13.7. The summed E-state index contributed by atoms with van der Waals surface area (Å²) >= 11 is 7.84. The highest BCUT2D eigenvalue weighted by Crippen LogP contribution is 2.25. The monoisotopic (exact) mass is 379 g/mol. The number of halogens is 2. The molecule has 98 valence electrons. The van der Waals surface area contributed by atoms with Crippen molar-refractivity contribution in [2.75, 3.05) is 0 Å². The minimum absolute atomic E-state index is 0.149. The van der Waals surface area contributed by atoms with Gasteiger partial charge in [-0.05, 0) is 32.9 Å². The number of hydrogen-bond acceptors (Lipinski definition) is 2. The number of ether oxygens (including phenoxy) is 1. The van der Waals surface area contributed by atoms with E-state index in [4.69, 9.17) is 21.7 Å². The highest BCUT2D eigenvalue weighted by atomic mass is 127. The number of benzene rings is 1. The van der Waals surface area contributed by atoms with Crippen LogP contribution in [0.1, 0.15) is 19.4 Å². The van der Waals surface area contributed by atoms with E-state index < -0.39 is 0 Å². The van der Waals surface area contributed by atoms with Gasteiger partial charge in [0, 0.05) is 39.2 Å². The molecule has 0 saturated carbocycles. The average molecular weight is 380 g/mol. The van der Waals surface area contributed by atoms with Crippen molar-refractivity contribution in [2.45, 2.75) is 26.8 Å². The summed E-state index contributed by atoms with van der Waals surface area (Å²) in [6.45, 7) is 5.82. The molecule has 0 unspecified atom stereocenters. The van der Waals surface area contributed by atoms with Crippen LogP contribution in [0.2, 0.25) is 5.02 Å². The molecule has 18 heavy (non-hydrogen) atoms. The van der Waals surface area contributed by atoms with Gasteiger partial charge in [-0.1, -0.05) is 17.7 Å². The van der Waals surface area contributed by atoms with Crippen LogP contribution in [0.3, 0.4) is 0 Å². The maximum atomic E-state index is 7.38. The molecule has 0 fully saturated rings. The van der Waals surface area contributed by atoms with Crippen molar-refractivity contribution >= 4 is 44.1 Å². The molecule has 0 aliphatic heterocycles. The molecular formula is C12H15ClIN3O. The molecule has 0 aromatic heterocycles. The van der Waals surface area contributed by atoms with Crippen molar-refractivity contribution in [3.05, 3.63) is 28.8 Å². The Balaban J connectivity index is 2.96. The van der Waals surface area contributed by atoms with Crippen LogP contribution in [0, 0.1) is 12.3 Å². The van der Waals surface area contributed by atoms with E-state index in [1.54, 1.807) is 6.07 Å². The first-order valence-corrected chi connectivity index (χ1v) is 6.88. The number of nitrogens with one attached hydrogen (secondary N) is 2. The second-order valence-electron chi connectivity index (χ2n) is 3.97. The quantitative estimate of drug-likeness (QED) is 0.356. The first-order valence-electron chi connectivity index (χ1n) is 5.42. The number of aliphatic imine (C=N–C) groups is 1. The van der Waals surface area contributed by atoms with Gasteiger partial charge in [-0.25, -0.2) is 0 Å². The first-order chi connectivity index (χ1) is 8.40. The zero-order valence-corrected chi connectivity index (χ0v) is 13.3. The molecule has 0 heterocycles. The topological polar surface area (TPSA) is 57.5 Å². The van der Waals surface area contributed by atoms with E-state index in [0.717, 1.165) is 5.56 Å². The number of amidine groups is 2. The minimum atomic E-state index is 0.149. The molecule has 0 radical (unpaired) electrons. The van der Waals surface area contributed by atoms with Crippen LogP contribution in [0.5, 0.6) is 5.75 Å². The van der Waals surface area contributed by atoms with E-state index in [1.165, 1.54) is 0 Å². The van der Waals surface area contributed by atoms with E-state index >= 15 is 0 Å². The molecular weight excluding hydrogens is 365 g/mol. The van der Waals surface area contributed by atoms with Crippen molar-refractivity contribution in [3.63, 3.8) is 0 Å². The first kappa shape index (κ1) is 15.2. The van der Waals surface area contributed by atoms with Crippen LogP contribution in [0.25, 0.3) is 0 Å². The molecule has 0 bridgehead atoms. The molecule has 4 nitrogen and oxygen atoms in total. The summed E-state index contributed by atoms with van der Waals surface area (Å²) in [5, 5.41) is 11.1. The Hall–Kier alpha value is -0.820. The Morgan fingerprint density at radius 1 is 1.50 bits per heavy atom. The maximum absolute atomic E-state index is 7.38. The Morgan fingerprint density at radius 3 is 2.72 bits per heavy atom. The lowest BCUT2D eigenvalue weighted by molar-refractivity contribution is 0.499. The van der Waals surface area contributed by atoms with Crippen LogP contribution in [-0.4, -0.2) is 15.9 Å². The van der Waals surface area contributed by atoms with Gasteiger partial charge in [-0.2, -0.15) is 4.99 Å². The molecule has 1 aromatic carbocycles. The third-order valence-electron chi connectivity index (χ3n) is 2.04. The zero-order valence-electron chi connectivity index (χ0n) is 10.4. The maximum Gasteiger partial charge on any atom is 0.297 e. The highest BCUT2D eigenvalue weighted by molar-refractivity contribution is 14.1. The summed E-state index contributed by atoms with van der Waals surface area (Å²) in [5.41, 5.74) is 0.845. The summed E-state index contributed by atoms with van der Waals surface area (Å²) in [6, 6.07) is 5.90. The van der Waals surface area contributed by atoms with Gasteiger partial charge in [-0.3, -0.25) is 5.41 Å². The fraction of sp³-hybridized carbons (Fsp3) is 0.333. The summed E-state index contributed by atoms with van der Waals surface area (Å²) in [5.74, 6) is 0.632. The summed E-state index contributed by atoms with van der Waals surface area (Å²) in [4.78, 5) is 3.99. The van der Waals surface area contributed by atoms with Crippen LogP contribution in [-0.2, 0) is 0 Å². The molecule has 0 amide bonds. The second kappa shape index (κ2) is 6.94.